The summed E-state index contributed by atoms with van der Waals surface area (Å²) in [6.45, 7) is 0.419. The monoisotopic (exact) mass is 320 g/mol. The van der Waals surface area contributed by atoms with Gasteiger partial charge in [0.2, 0.25) is 5.91 Å². The van der Waals surface area contributed by atoms with E-state index in [-0.39, 0.29) is 18.1 Å². The zero-order valence-electron chi connectivity index (χ0n) is 12.1. The van der Waals surface area contributed by atoms with Crippen LogP contribution < -0.4 is 11.1 Å². The van der Waals surface area contributed by atoms with Crippen molar-refractivity contribution in [2.45, 2.75) is 25.4 Å². The van der Waals surface area contributed by atoms with Crippen molar-refractivity contribution in [1.29, 1.82) is 0 Å². The molecule has 0 fully saturated rings. The molecule has 0 aliphatic rings. The lowest BCUT2D eigenvalue weighted by Crippen LogP contribution is -2.33. The summed E-state index contributed by atoms with van der Waals surface area (Å²) < 4.78 is 13.5. The standard InChI is InChI=1S/C17H18ClFN2O/c18-14-7-5-12(6-8-14)11-21-17(22)10-15(20)9-13-3-1-2-4-16(13)19/h1-8,15H,9-11,20H2,(H,21,22)/t15-/m1/s1. The van der Waals surface area contributed by atoms with Gasteiger partial charge in [-0.1, -0.05) is 41.9 Å². The molecule has 22 heavy (non-hydrogen) atoms. The highest BCUT2D eigenvalue weighted by Gasteiger charge is 2.12. The summed E-state index contributed by atoms with van der Waals surface area (Å²) >= 11 is 5.80. The van der Waals surface area contributed by atoms with E-state index in [0.29, 0.717) is 23.6 Å². The van der Waals surface area contributed by atoms with Gasteiger partial charge in [0.15, 0.2) is 0 Å². The Morgan fingerprint density at radius 2 is 1.86 bits per heavy atom. The number of nitrogens with one attached hydrogen (secondary N) is 1. The van der Waals surface area contributed by atoms with E-state index < -0.39 is 6.04 Å². The first-order valence-electron chi connectivity index (χ1n) is 7.04. The van der Waals surface area contributed by atoms with E-state index >= 15 is 0 Å². The van der Waals surface area contributed by atoms with E-state index in [1.54, 1.807) is 30.3 Å². The molecule has 1 atom stereocenters. The van der Waals surface area contributed by atoms with Gasteiger partial charge in [-0.05, 0) is 35.7 Å². The van der Waals surface area contributed by atoms with Crippen LogP contribution in [0.1, 0.15) is 17.5 Å². The van der Waals surface area contributed by atoms with Crippen molar-refractivity contribution in [3.05, 3.63) is 70.5 Å². The van der Waals surface area contributed by atoms with Crippen LogP contribution in [-0.4, -0.2) is 11.9 Å². The molecule has 0 aliphatic heterocycles. The topological polar surface area (TPSA) is 55.1 Å². The largest absolute Gasteiger partial charge is 0.352 e. The van der Waals surface area contributed by atoms with E-state index in [0.717, 1.165) is 5.56 Å². The minimum Gasteiger partial charge on any atom is -0.352 e. The molecule has 2 aromatic rings. The van der Waals surface area contributed by atoms with Crippen molar-refractivity contribution in [2.24, 2.45) is 5.73 Å². The van der Waals surface area contributed by atoms with Gasteiger partial charge in [-0.15, -0.1) is 0 Å². The minimum absolute atomic E-state index is 0.154. The van der Waals surface area contributed by atoms with E-state index in [1.807, 2.05) is 12.1 Å². The first kappa shape index (κ1) is 16.5. The summed E-state index contributed by atoms with van der Waals surface area (Å²) in [5, 5.41) is 3.45. The van der Waals surface area contributed by atoms with Crippen molar-refractivity contribution in [3.63, 3.8) is 0 Å². The molecule has 1 amide bonds. The van der Waals surface area contributed by atoms with Crippen molar-refractivity contribution in [2.75, 3.05) is 0 Å². The lowest BCUT2D eigenvalue weighted by Gasteiger charge is -2.12. The lowest BCUT2D eigenvalue weighted by molar-refractivity contribution is -0.121. The quantitative estimate of drug-likeness (QED) is 0.859. The third kappa shape index (κ3) is 5.13. The molecule has 0 radical (unpaired) electrons. The Kier molecular flexibility index (Phi) is 5.92. The second kappa shape index (κ2) is 7.92. The van der Waals surface area contributed by atoms with Gasteiger partial charge in [0.25, 0.3) is 0 Å². The Hall–Kier alpha value is -1.91. The summed E-state index contributed by atoms with van der Waals surface area (Å²) in [7, 11) is 0. The van der Waals surface area contributed by atoms with Crippen molar-refractivity contribution < 1.29 is 9.18 Å². The second-order valence-electron chi connectivity index (χ2n) is 5.16. The first-order valence-corrected chi connectivity index (χ1v) is 7.42. The molecule has 3 N–H and O–H groups in total. The fourth-order valence-corrected chi connectivity index (χ4v) is 2.26. The third-order valence-corrected chi connectivity index (χ3v) is 3.54. The van der Waals surface area contributed by atoms with E-state index in [9.17, 15) is 9.18 Å². The summed E-state index contributed by atoms with van der Waals surface area (Å²) in [4.78, 5) is 11.9. The Bertz CT molecular complexity index is 631. The summed E-state index contributed by atoms with van der Waals surface area (Å²) in [6.07, 6.45) is 0.489. The number of carbonyl (C=O) groups is 1. The molecule has 2 rings (SSSR count). The first-order chi connectivity index (χ1) is 10.5. The van der Waals surface area contributed by atoms with Gasteiger partial charge in [-0.2, -0.15) is 0 Å². The number of benzene rings is 2. The Balaban J connectivity index is 1.79. The minimum atomic E-state index is -0.415. The zero-order valence-corrected chi connectivity index (χ0v) is 12.8. The van der Waals surface area contributed by atoms with Crippen molar-refractivity contribution >= 4 is 17.5 Å². The van der Waals surface area contributed by atoms with Crippen LogP contribution in [0, 0.1) is 5.82 Å². The highest BCUT2D eigenvalue weighted by molar-refractivity contribution is 6.30. The average molecular weight is 321 g/mol. The predicted molar refractivity (Wildman–Crippen MR) is 86.0 cm³/mol. The van der Waals surface area contributed by atoms with E-state index in [2.05, 4.69) is 5.32 Å². The molecule has 0 heterocycles. The fraction of sp³-hybridized carbons (Fsp3) is 0.235. The Morgan fingerprint density at radius 3 is 2.55 bits per heavy atom. The zero-order chi connectivity index (χ0) is 15.9. The molecule has 116 valence electrons. The van der Waals surface area contributed by atoms with Gasteiger partial charge in [0, 0.05) is 24.0 Å². The molecule has 3 nitrogen and oxygen atoms in total. The van der Waals surface area contributed by atoms with Crippen LogP contribution >= 0.6 is 11.6 Å². The molecule has 0 spiro atoms. The highest BCUT2D eigenvalue weighted by atomic mass is 35.5. The number of carbonyl (C=O) groups excluding carboxylic acids is 1. The number of amides is 1. The fourth-order valence-electron chi connectivity index (χ4n) is 2.13. The van der Waals surface area contributed by atoms with Crippen molar-refractivity contribution in [1.82, 2.24) is 5.32 Å². The van der Waals surface area contributed by atoms with Crippen LogP contribution in [0.4, 0.5) is 4.39 Å². The Morgan fingerprint density at radius 1 is 1.18 bits per heavy atom. The van der Waals surface area contributed by atoms with Crippen LogP contribution in [0.3, 0.4) is 0 Å². The summed E-state index contributed by atoms with van der Waals surface area (Å²) in [5.74, 6) is -0.446. The molecule has 0 aliphatic carbocycles. The maximum Gasteiger partial charge on any atom is 0.221 e. The summed E-state index contributed by atoms with van der Waals surface area (Å²) in [6, 6.07) is 13.3. The molecule has 0 bridgehead atoms. The molecule has 0 saturated heterocycles. The van der Waals surface area contributed by atoms with Crippen LogP contribution in [0.2, 0.25) is 5.02 Å². The normalized spacial score (nSPS) is 12.0. The van der Waals surface area contributed by atoms with Crippen LogP contribution in [-0.2, 0) is 17.8 Å². The number of hydrogen-bond acceptors (Lipinski definition) is 2. The maximum atomic E-state index is 13.5. The summed E-state index contributed by atoms with van der Waals surface area (Å²) in [5.41, 5.74) is 7.41. The molecule has 5 heteroatoms. The third-order valence-electron chi connectivity index (χ3n) is 3.29. The van der Waals surface area contributed by atoms with Gasteiger partial charge in [-0.3, -0.25) is 4.79 Å². The maximum absolute atomic E-state index is 13.5. The van der Waals surface area contributed by atoms with E-state index in [4.69, 9.17) is 17.3 Å². The van der Waals surface area contributed by atoms with Crippen LogP contribution in [0.5, 0.6) is 0 Å². The van der Waals surface area contributed by atoms with Crippen LogP contribution in [0.25, 0.3) is 0 Å². The number of nitrogens with two attached hydrogens (primary N) is 1. The molecule has 0 saturated carbocycles. The average Bonchev–Trinajstić information content (AvgIpc) is 2.49. The van der Waals surface area contributed by atoms with Crippen molar-refractivity contribution in [3.8, 4) is 0 Å². The van der Waals surface area contributed by atoms with Gasteiger partial charge < -0.3 is 11.1 Å². The molecule has 0 aromatic heterocycles. The molecular formula is C17H18ClFN2O. The molecule has 0 unspecified atom stereocenters. The lowest BCUT2D eigenvalue weighted by atomic mass is 10.0. The predicted octanol–water partition coefficient (Wildman–Crippen LogP) is 3.06. The smallest absolute Gasteiger partial charge is 0.221 e. The Labute approximate surface area is 134 Å². The van der Waals surface area contributed by atoms with Gasteiger partial charge in [0.1, 0.15) is 5.82 Å². The van der Waals surface area contributed by atoms with E-state index in [1.165, 1.54) is 6.07 Å². The van der Waals surface area contributed by atoms with Gasteiger partial charge >= 0.3 is 0 Å². The van der Waals surface area contributed by atoms with Gasteiger partial charge in [0.05, 0.1) is 0 Å². The van der Waals surface area contributed by atoms with Crippen LogP contribution in [0.15, 0.2) is 48.5 Å². The number of halogens is 2. The molecule has 2 aromatic carbocycles. The number of hydrogen-bond donors (Lipinski definition) is 2. The van der Waals surface area contributed by atoms with Gasteiger partial charge in [-0.25, -0.2) is 4.39 Å². The molecular weight excluding hydrogens is 303 g/mol. The number of rotatable bonds is 6. The SMILES string of the molecule is N[C@@H](CC(=O)NCc1ccc(Cl)cc1)Cc1ccccc1F. The highest BCUT2D eigenvalue weighted by Crippen LogP contribution is 2.11. The second-order valence-corrected chi connectivity index (χ2v) is 5.60.